The number of hydrogen-bond donors (Lipinski definition) is 2. The van der Waals surface area contributed by atoms with Crippen molar-refractivity contribution in [2.75, 3.05) is 33.4 Å². The van der Waals surface area contributed by atoms with E-state index >= 15 is 0 Å². The van der Waals surface area contributed by atoms with E-state index < -0.39 is 0 Å². The van der Waals surface area contributed by atoms with Crippen LogP contribution in [0.25, 0.3) is 0 Å². The fourth-order valence-electron chi connectivity index (χ4n) is 3.01. The molecular weight excluding hydrogens is 304 g/mol. The number of aliphatic imine (C=N–C) groups is 1. The van der Waals surface area contributed by atoms with Gasteiger partial charge in [-0.25, -0.2) is 0 Å². The fourth-order valence-corrected chi connectivity index (χ4v) is 3.81. The van der Waals surface area contributed by atoms with Gasteiger partial charge in [0.15, 0.2) is 5.96 Å². The van der Waals surface area contributed by atoms with E-state index in [1.54, 1.807) is 0 Å². The molecule has 4 nitrogen and oxygen atoms in total. The largest absolute Gasteiger partial charge is 0.355 e. The Labute approximate surface area is 145 Å². The molecule has 23 heavy (non-hydrogen) atoms. The Balaban J connectivity index is 1.65. The lowest BCUT2D eigenvalue weighted by Crippen LogP contribution is -2.44. The van der Waals surface area contributed by atoms with Crippen LogP contribution in [0.1, 0.15) is 24.8 Å². The molecule has 2 atom stereocenters. The van der Waals surface area contributed by atoms with E-state index in [1.807, 2.05) is 18.8 Å². The number of benzene rings is 1. The van der Waals surface area contributed by atoms with Gasteiger partial charge in [0, 0.05) is 38.0 Å². The summed E-state index contributed by atoms with van der Waals surface area (Å²) in [5.74, 6) is 0.935. The van der Waals surface area contributed by atoms with Crippen LogP contribution >= 0.6 is 11.8 Å². The Morgan fingerprint density at radius 2 is 2.09 bits per heavy atom. The van der Waals surface area contributed by atoms with Crippen LogP contribution in [0, 0.1) is 0 Å². The van der Waals surface area contributed by atoms with Crippen LogP contribution in [-0.2, 0) is 6.54 Å². The number of nitrogens with zero attached hydrogens (tertiary/aromatic N) is 2. The van der Waals surface area contributed by atoms with E-state index in [0.717, 1.165) is 30.8 Å². The Kier molecular flexibility index (Phi) is 7.76. The van der Waals surface area contributed by atoms with E-state index in [-0.39, 0.29) is 0 Å². The highest BCUT2D eigenvalue weighted by atomic mass is 32.2. The van der Waals surface area contributed by atoms with E-state index in [2.05, 4.69) is 64.2 Å². The Bertz CT molecular complexity index is 477. The van der Waals surface area contributed by atoms with Crippen molar-refractivity contribution in [2.45, 2.75) is 37.1 Å². The molecule has 1 saturated carbocycles. The number of nitrogens with one attached hydrogen (secondary N) is 2. The topological polar surface area (TPSA) is 39.7 Å². The van der Waals surface area contributed by atoms with E-state index in [0.29, 0.717) is 6.04 Å². The molecule has 0 radical (unpaired) electrons. The molecule has 0 saturated heterocycles. The number of thioether (sulfide) groups is 1. The molecule has 2 unspecified atom stereocenters. The second-order valence-electron chi connectivity index (χ2n) is 6.23. The first-order valence-electron chi connectivity index (χ1n) is 8.43. The third-order valence-electron chi connectivity index (χ3n) is 4.36. The van der Waals surface area contributed by atoms with Gasteiger partial charge in [0.2, 0.25) is 0 Å². The first-order chi connectivity index (χ1) is 11.2. The molecule has 2 N–H and O–H groups in total. The van der Waals surface area contributed by atoms with Gasteiger partial charge in [0.1, 0.15) is 0 Å². The molecule has 0 spiro atoms. The SMILES string of the molecule is CN=C(NCCN(C)Cc1ccccc1)NC1CCC(SC)C1. The van der Waals surface area contributed by atoms with Crippen LogP contribution in [0.5, 0.6) is 0 Å². The maximum absolute atomic E-state index is 4.35. The van der Waals surface area contributed by atoms with Crippen molar-refractivity contribution < 1.29 is 0 Å². The Morgan fingerprint density at radius 1 is 1.30 bits per heavy atom. The Hall–Kier alpha value is -1.20. The fraction of sp³-hybridized carbons (Fsp3) is 0.611. The normalized spacial score (nSPS) is 21.7. The summed E-state index contributed by atoms with van der Waals surface area (Å²) in [5, 5.41) is 7.80. The molecule has 128 valence electrons. The molecule has 0 aliphatic heterocycles. The third-order valence-corrected chi connectivity index (χ3v) is 5.46. The zero-order chi connectivity index (χ0) is 16.5. The lowest BCUT2D eigenvalue weighted by molar-refractivity contribution is 0.331. The van der Waals surface area contributed by atoms with Crippen LogP contribution in [-0.4, -0.2) is 55.6 Å². The van der Waals surface area contributed by atoms with Gasteiger partial charge in [-0.3, -0.25) is 4.99 Å². The molecule has 1 fully saturated rings. The van der Waals surface area contributed by atoms with Gasteiger partial charge in [0.05, 0.1) is 0 Å². The molecule has 1 aliphatic carbocycles. The van der Waals surface area contributed by atoms with Crippen molar-refractivity contribution in [3.63, 3.8) is 0 Å². The first-order valence-corrected chi connectivity index (χ1v) is 9.72. The zero-order valence-corrected chi connectivity index (χ0v) is 15.4. The Morgan fingerprint density at radius 3 is 2.74 bits per heavy atom. The molecule has 0 bridgehead atoms. The molecule has 0 amide bonds. The van der Waals surface area contributed by atoms with Crippen molar-refractivity contribution in [3.8, 4) is 0 Å². The summed E-state index contributed by atoms with van der Waals surface area (Å²) in [6, 6.07) is 11.2. The highest BCUT2D eigenvalue weighted by Crippen LogP contribution is 2.27. The van der Waals surface area contributed by atoms with Crippen molar-refractivity contribution >= 4 is 17.7 Å². The first kappa shape index (κ1) is 18.1. The second kappa shape index (κ2) is 9.83. The van der Waals surface area contributed by atoms with Crippen LogP contribution < -0.4 is 10.6 Å². The van der Waals surface area contributed by atoms with Gasteiger partial charge < -0.3 is 15.5 Å². The summed E-state index contributed by atoms with van der Waals surface area (Å²) in [5.41, 5.74) is 1.35. The molecule has 1 aromatic carbocycles. The number of hydrogen-bond acceptors (Lipinski definition) is 3. The molecule has 5 heteroatoms. The molecule has 1 aliphatic rings. The summed E-state index contributed by atoms with van der Waals surface area (Å²) in [6.07, 6.45) is 6.02. The van der Waals surface area contributed by atoms with Gasteiger partial charge in [0.25, 0.3) is 0 Å². The van der Waals surface area contributed by atoms with Crippen LogP contribution in [0.4, 0.5) is 0 Å². The second-order valence-corrected chi connectivity index (χ2v) is 7.37. The van der Waals surface area contributed by atoms with Gasteiger partial charge in [-0.15, -0.1) is 0 Å². The summed E-state index contributed by atoms with van der Waals surface area (Å²) in [7, 11) is 4.01. The van der Waals surface area contributed by atoms with E-state index in [1.165, 1.54) is 24.8 Å². The highest BCUT2D eigenvalue weighted by molar-refractivity contribution is 7.99. The number of rotatable bonds is 7. The quantitative estimate of drug-likeness (QED) is 0.594. The average Bonchev–Trinajstić information content (AvgIpc) is 3.02. The monoisotopic (exact) mass is 334 g/mol. The summed E-state index contributed by atoms with van der Waals surface area (Å²) >= 11 is 1.99. The number of likely N-dealkylation sites (N-methyl/N-ethyl adjacent to an activating group) is 1. The lowest BCUT2D eigenvalue weighted by atomic mass is 10.2. The van der Waals surface area contributed by atoms with E-state index in [9.17, 15) is 0 Å². The van der Waals surface area contributed by atoms with Gasteiger partial charge in [-0.1, -0.05) is 30.3 Å². The van der Waals surface area contributed by atoms with Crippen LogP contribution in [0.3, 0.4) is 0 Å². The maximum atomic E-state index is 4.35. The van der Waals surface area contributed by atoms with Crippen molar-refractivity contribution in [1.29, 1.82) is 0 Å². The van der Waals surface area contributed by atoms with Crippen LogP contribution in [0.2, 0.25) is 0 Å². The van der Waals surface area contributed by atoms with Gasteiger partial charge in [-0.2, -0.15) is 11.8 Å². The average molecular weight is 335 g/mol. The van der Waals surface area contributed by atoms with Gasteiger partial charge in [-0.05, 0) is 38.1 Å². The molecular formula is C18H30N4S. The maximum Gasteiger partial charge on any atom is 0.191 e. The van der Waals surface area contributed by atoms with Gasteiger partial charge >= 0.3 is 0 Å². The number of guanidine groups is 1. The van der Waals surface area contributed by atoms with Crippen molar-refractivity contribution in [2.24, 2.45) is 4.99 Å². The highest BCUT2D eigenvalue weighted by Gasteiger charge is 2.24. The molecule has 0 aromatic heterocycles. The molecule has 2 rings (SSSR count). The minimum Gasteiger partial charge on any atom is -0.355 e. The van der Waals surface area contributed by atoms with Crippen molar-refractivity contribution in [1.82, 2.24) is 15.5 Å². The molecule has 1 aromatic rings. The minimum atomic E-state index is 0.570. The standard InChI is InChI=1S/C18H30N4S/c1-19-18(21-16-9-10-17(13-16)23-3)20-11-12-22(2)14-15-7-5-4-6-8-15/h4-8,16-17H,9-14H2,1-3H3,(H2,19,20,21). The minimum absolute atomic E-state index is 0.570. The summed E-state index contributed by atoms with van der Waals surface area (Å²) in [4.78, 5) is 6.68. The zero-order valence-electron chi connectivity index (χ0n) is 14.6. The van der Waals surface area contributed by atoms with Crippen LogP contribution in [0.15, 0.2) is 35.3 Å². The van der Waals surface area contributed by atoms with Crippen molar-refractivity contribution in [3.05, 3.63) is 35.9 Å². The predicted octanol–water partition coefficient (Wildman–Crippen LogP) is 2.57. The van der Waals surface area contributed by atoms with E-state index in [4.69, 9.17) is 0 Å². The third kappa shape index (κ3) is 6.43. The summed E-state index contributed by atoms with van der Waals surface area (Å²) < 4.78 is 0. The summed E-state index contributed by atoms with van der Waals surface area (Å²) in [6.45, 7) is 2.88. The lowest BCUT2D eigenvalue weighted by Gasteiger charge is -2.20. The predicted molar refractivity (Wildman–Crippen MR) is 102 cm³/mol. The smallest absolute Gasteiger partial charge is 0.191 e. The molecule has 0 heterocycles.